The van der Waals surface area contributed by atoms with E-state index in [2.05, 4.69) is 5.32 Å². The van der Waals surface area contributed by atoms with Gasteiger partial charge in [0, 0.05) is 30.9 Å². The van der Waals surface area contributed by atoms with E-state index in [9.17, 15) is 19.7 Å². The van der Waals surface area contributed by atoms with Gasteiger partial charge in [0.2, 0.25) is 0 Å². The zero-order chi connectivity index (χ0) is 19.9. The second-order valence-electron chi connectivity index (χ2n) is 6.02. The Morgan fingerprint density at radius 3 is 2.38 bits per heavy atom. The van der Waals surface area contributed by atoms with Crippen molar-refractivity contribution in [2.45, 2.75) is 20.8 Å². The average Bonchev–Trinajstić information content (AvgIpc) is 2.56. The highest BCUT2D eigenvalue weighted by molar-refractivity contribution is 5.93. The summed E-state index contributed by atoms with van der Waals surface area (Å²) >= 11 is 0. The van der Waals surface area contributed by atoms with Crippen molar-refractivity contribution >= 4 is 23.2 Å². The van der Waals surface area contributed by atoms with Crippen LogP contribution in [0.4, 0.5) is 11.4 Å². The van der Waals surface area contributed by atoms with Gasteiger partial charge in [0.05, 0.1) is 19.1 Å². The molecule has 0 fully saturated rings. The smallest absolute Gasteiger partial charge is 0.311 e. The molecule has 2 N–H and O–H groups in total. The Hall–Kier alpha value is -2.68. The van der Waals surface area contributed by atoms with Gasteiger partial charge in [-0.3, -0.25) is 19.7 Å². The minimum absolute atomic E-state index is 0.00603. The lowest BCUT2D eigenvalue weighted by atomic mass is 10.1. The van der Waals surface area contributed by atoms with Crippen molar-refractivity contribution in [1.82, 2.24) is 4.90 Å². The van der Waals surface area contributed by atoms with Crippen molar-refractivity contribution in [3.8, 4) is 5.75 Å². The molecular formula is C17H27N4O5+. The Labute approximate surface area is 153 Å². The van der Waals surface area contributed by atoms with Crippen molar-refractivity contribution in [3.63, 3.8) is 0 Å². The monoisotopic (exact) mass is 367 g/mol. The third kappa shape index (κ3) is 5.69. The van der Waals surface area contributed by atoms with Crippen LogP contribution in [-0.4, -0.2) is 62.0 Å². The van der Waals surface area contributed by atoms with E-state index in [0.29, 0.717) is 24.3 Å². The fourth-order valence-corrected chi connectivity index (χ4v) is 2.59. The average molecular weight is 367 g/mol. The predicted octanol–water partition coefficient (Wildman–Crippen LogP) is 0.233. The minimum Gasteiger partial charge on any atom is -0.490 e. The first-order valence-electron chi connectivity index (χ1n) is 8.45. The standard InChI is InChI=1S/C17H26N4O5/c1-6-20(7-2)17(23)11-19(4)10-16(22)18-13-9-15(26-5)14(21(24)25)8-12(13)3/h8-9H,6-7,10-11H2,1-5H3,(H,18,22)/p+1. The number of amides is 2. The third-order valence-electron chi connectivity index (χ3n) is 4.03. The number of benzene rings is 1. The number of hydrogen-bond donors (Lipinski definition) is 2. The maximum Gasteiger partial charge on any atom is 0.311 e. The van der Waals surface area contributed by atoms with E-state index >= 15 is 0 Å². The fraction of sp³-hybridized carbons (Fsp3) is 0.529. The molecule has 0 radical (unpaired) electrons. The number of anilines is 1. The van der Waals surface area contributed by atoms with Crippen LogP contribution in [0.5, 0.6) is 5.75 Å². The van der Waals surface area contributed by atoms with Crippen LogP contribution in [-0.2, 0) is 9.59 Å². The number of ether oxygens (including phenoxy) is 1. The lowest BCUT2D eigenvalue weighted by molar-refractivity contribution is -0.862. The number of nitro benzene ring substituents is 1. The zero-order valence-electron chi connectivity index (χ0n) is 15.9. The largest absolute Gasteiger partial charge is 0.490 e. The van der Waals surface area contributed by atoms with E-state index < -0.39 is 4.92 Å². The fourth-order valence-electron chi connectivity index (χ4n) is 2.59. The second-order valence-corrected chi connectivity index (χ2v) is 6.02. The molecule has 0 heterocycles. The minimum atomic E-state index is -0.534. The van der Waals surface area contributed by atoms with Crippen LogP contribution in [0.2, 0.25) is 0 Å². The summed E-state index contributed by atoms with van der Waals surface area (Å²) < 4.78 is 5.02. The number of rotatable bonds is 9. The van der Waals surface area contributed by atoms with Gasteiger partial charge in [-0.05, 0) is 26.3 Å². The SMILES string of the molecule is CCN(CC)C(=O)C[NH+](C)CC(=O)Nc1cc(OC)c([N+](=O)[O-])cc1C. The highest BCUT2D eigenvalue weighted by Gasteiger charge is 2.21. The van der Waals surface area contributed by atoms with E-state index in [1.54, 1.807) is 18.9 Å². The molecule has 9 heteroatoms. The Bertz CT molecular complexity index is 673. The maximum absolute atomic E-state index is 12.3. The van der Waals surface area contributed by atoms with E-state index in [1.165, 1.54) is 19.2 Å². The summed E-state index contributed by atoms with van der Waals surface area (Å²) in [6, 6.07) is 2.79. The number of nitro groups is 1. The molecule has 2 amide bonds. The first-order chi connectivity index (χ1) is 12.2. The Morgan fingerprint density at radius 2 is 1.88 bits per heavy atom. The number of likely N-dealkylation sites (N-methyl/N-ethyl adjacent to an activating group) is 2. The Balaban J connectivity index is 2.76. The molecule has 1 atom stereocenters. The summed E-state index contributed by atoms with van der Waals surface area (Å²) in [6.45, 7) is 7.08. The zero-order valence-corrected chi connectivity index (χ0v) is 15.9. The highest BCUT2D eigenvalue weighted by atomic mass is 16.6. The van der Waals surface area contributed by atoms with Crippen LogP contribution in [0.1, 0.15) is 19.4 Å². The summed E-state index contributed by atoms with van der Waals surface area (Å²) in [7, 11) is 3.10. The molecule has 1 unspecified atom stereocenters. The molecule has 0 bridgehead atoms. The summed E-state index contributed by atoms with van der Waals surface area (Å²) in [6.07, 6.45) is 0. The molecule has 1 aromatic rings. The second kappa shape index (κ2) is 9.71. The lowest BCUT2D eigenvalue weighted by Crippen LogP contribution is -3.11. The molecule has 0 aliphatic rings. The molecule has 9 nitrogen and oxygen atoms in total. The molecule has 144 valence electrons. The molecule has 0 saturated carbocycles. The molecule has 0 aromatic heterocycles. The van der Waals surface area contributed by atoms with Crippen LogP contribution in [0.25, 0.3) is 0 Å². The summed E-state index contributed by atoms with van der Waals surface area (Å²) in [5.74, 6) is -0.212. The van der Waals surface area contributed by atoms with Crippen molar-refractivity contribution in [1.29, 1.82) is 0 Å². The number of carbonyl (C=O) groups excluding carboxylic acids is 2. The van der Waals surface area contributed by atoms with Crippen molar-refractivity contribution in [2.24, 2.45) is 0 Å². The molecule has 26 heavy (non-hydrogen) atoms. The summed E-state index contributed by atoms with van der Waals surface area (Å²) in [5, 5.41) is 13.7. The molecular weight excluding hydrogens is 340 g/mol. The van der Waals surface area contributed by atoms with Gasteiger partial charge >= 0.3 is 5.69 Å². The van der Waals surface area contributed by atoms with Crippen molar-refractivity contribution in [3.05, 3.63) is 27.8 Å². The predicted molar refractivity (Wildman–Crippen MR) is 97.6 cm³/mol. The van der Waals surface area contributed by atoms with Gasteiger partial charge in [-0.1, -0.05) is 0 Å². The number of nitrogens with zero attached hydrogens (tertiary/aromatic N) is 2. The summed E-state index contributed by atoms with van der Waals surface area (Å²) in [4.78, 5) is 37.3. The Morgan fingerprint density at radius 1 is 1.27 bits per heavy atom. The highest BCUT2D eigenvalue weighted by Crippen LogP contribution is 2.32. The molecule has 0 aliphatic heterocycles. The van der Waals surface area contributed by atoms with Crippen molar-refractivity contribution < 1.29 is 24.1 Å². The van der Waals surface area contributed by atoms with Gasteiger partial charge in [0.1, 0.15) is 0 Å². The van der Waals surface area contributed by atoms with Gasteiger partial charge in [0.15, 0.2) is 18.8 Å². The number of hydrogen-bond acceptors (Lipinski definition) is 5. The number of quaternary nitrogens is 1. The first-order valence-corrected chi connectivity index (χ1v) is 8.45. The van der Waals surface area contributed by atoms with Crippen LogP contribution < -0.4 is 15.0 Å². The molecule has 0 spiro atoms. The number of carbonyl (C=O) groups is 2. The normalized spacial score (nSPS) is 11.6. The van der Waals surface area contributed by atoms with Gasteiger partial charge in [0.25, 0.3) is 11.8 Å². The topological polar surface area (TPSA) is 106 Å². The van der Waals surface area contributed by atoms with E-state index in [-0.39, 0.29) is 36.3 Å². The molecule has 0 aliphatic carbocycles. The number of nitrogens with one attached hydrogen (secondary N) is 2. The van der Waals surface area contributed by atoms with Gasteiger partial charge < -0.3 is 19.9 Å². The molecule has 0 saturated heterocycles. The first kappa shape index (κ1) is 21.4. The summed E-state index contributed by atoms with van der Waals surface area (Å²) in [5.41, 5.74) is 0.846. The van der Waals surface area contributed by atoms with E-state index in [1.807, 2.05) is 13.8 Å². The van der Waals surface area contributed by atoms with Gasteiger partial charge in [-0.25, -0.2) is 0 Å². The lowest BCUT2D eigenvalue weighted by Gasteiger charge is -2.21. The van der Waals surface area contributed by atoms with Crippen LogP contribution in [0.15, 0.2) is 12.1 Å². The molecule has 1 aromatic carbocycles. The number of aryl methyl sites for hydroxylation is 1. The Kier molecular flexibility index (Phi) is 7.98. The van der Waals surface area contributed by atoms with Crippen LogP contribution in [0, 0.1) is 17.0 Å². The molecule has 1 rings (SSSR count). The van der Waals surface area contributed by atoms with E-state index in [0.717, 1.165) is 4.90 Å². The quantitative estimate of drug-likeness (QED) is 0.480. The third-order valence-corrected chi connectivity index (χ3v) is 4.03. The maximum atomic E-state index is 12.3. The van der Waals surface area contributed by atoms with Gasteiger partial charge in [-0.2, -0.15) is 0 Å². The van der Waals surface area contributed by atoms with Crippen LogP contribution in [0.3, 0.4) is 0 Å². The van der Waals surface area contributed by atoms with Crippen LogP contribution >= 0.6 is 0 Å². The van der Waals surface area contributed by atoms with Gasteiger partial charge in [-0.15, -0.1) is 0 Å². The van der Waals surface area contributed by atoms with E-state index in [4.69, 9.17) is 4.74 Å². The van der Waals surface area contributed by atoms with Crippen molar-refractivity contribution in [2.75, 3.05) is 45.7 Å². The number of methoxy groups -OCH3 is 1.